The Labute approximate surface area is 94.8 Å². The van der Waals surface area contributed by atoms with Crippen molar-refractivity contribution < 1.29 is 19.3 Å². The van der Waals surface area contributed by atoms with Crippen molar-refractivity contribution in [2.45, 2.75) is 0 Å². The number of anilines is 1. The molecule has 1 aliphatic heterocycles. The SMILES string of the molecule is O=CCN1C(=O)C(=O)c2cc([N+](=O)[O-])ccc21. The summed E-state index contributed by atoms with van der Waals surface area (Å²) in [6.07, 6.45) is 0.488. The van der Waals surface area contributed by atoms with Crippen LogP contribution in [0.15, 0.2) is 18.2 Å². The predicted molar refractivity (Wildman–Crippen MR) is 55.8 cm³/mol. The van der Waals surface area contributed by atoms with Crippen LogP contribution in [0.2, 0.25) is 0 Å². The van der Waals surface area contributed by atoms with Crippen LogP contribution in [0.5, 0.6) is 0 Å². The number of nitrogens with zero attached hydrogens (tertiary/aromatic N) is 2. The van der Waals surface area contributed by atoms with Gasteiger partial charge in [0.25, 0.3) is 17.4 Å². The Morgan fingerprint density at radius 2 is 2.06 bits per heavy atom. The molecule has 1 amide bonds. The second-order valence-corrected chi connectivity index (χ2v) is 3.37. The third-order valence-electron chi connectivity index (χ3n) is 2.42. The quantitative estimate of drug-likeness (QED) is 0.324. The van der Waals surface area contributed by atoms with E-state index in [4.69, 9.17) is 0 Å². The number of hydrogen-bond donors (Lipinski definition) is 0. The van der Waals surface area contributed by atoms with Gasteiger partial charge in [0.15, 0.2) is 0 Å². The number of carbonyl (C=O) groups excluding carboxylic acids is 3. The lowest BCUT2D eigenvalue weighted by Crippen LogP contribution is -2.31. The Kier molecular flexibility index (Phi) is 2.43. The van der Waals surface area contributed by atoms with Crippen LogP contribution in [0.4, 0.5) is 11.4 Å². The van der Waals surface area contributed by atoms with Crippen LogP contribution < -0.4 is 4.90 Å². The lowest BCUT2D eigenvalue weighted by atomic mass is 10.1. The zero-order chi connectivity index (χ0) is 12.6. The molecule has 0 aliphatic carbocycles. The summed E-state index contributed by atoms with van der Waals surface area (Å²) in [5, 5.41) is 10.5. The second-order valence-electron chi connectivity index (χ2n) is 3.37. The van der Waals surface area contributed by atoms with Gasteiger partial charge in [-0.25, -0.2) is 0 Å². The predicted octanol–water partition coefficient (Wildman–Crippen LogP) is 0.323. The molecule has 0 aromatic heterocycles. The minimum atomic E-state index is -0.840. The van der Waals surface area contributed by atoms with Gasteiger partial charge in [-0.15, -0.1) is 0 Å². The zero-order valence-corrected chi connectivity index (χ0v) is 8.45. The first-order chi connectivity index (χ1) is 8.06. The number of ketones is 1. The fourth-order valence-corrected chi connectivity index (χ4v) is 1.66. The van der Waals surface area contributed by atoms with Crippen molar-refractivity contribution in [3.63, 3.8) is 0 Å². The lowest BCUT2D eigenvalue weighted by molar-refractivity contribution is -0.384. The van der Waals surface area contributed by atoms with Gasteiger partial charge in [0.1, 0.15) is 6.29 Å². The first-order valence-electron chi connectivity index (χ1n) is 4.64. The van der Waals surface area contributed by atoms with Crippen LogP contribution in [-0.4, -0.2) is 29.4 Å². The molecule has 1 aliphatic rings. The Hall–Kier alpha value is -2.57. The van der Waals surface area contributed by atoms with Gasteiger partial charge < -0.3 is 4.79 Å². The molecule has 0 unspecified atom stereocenters. The second kappa shape index (κ2) is 3.78. The molecule has 1 heterocycles. The highest BCUT2D eigenvalue weighted by Crippen LogP contribution is 2.31. The first kappa shape index (κ1) is 10.9. The average Bonchev–Trinajstić information content (AvgIpc) is 2.54. The Balaban J connectivity index is 2.54. The van der Waals surface area contributed by atoms with Gasteiger partial charge in [-0.2, -0.15) is 0 Å². The van der Waals surface area contributed by atoms with Crippen LogP contribution in [-0.2, 0) is 9.59 Å². The Morgan fingerprint density at radius 3 is 2.65 bits per heavy atom. The molecule has 7 heteroatoms. The summed E-state index contributed by atoms with van der Waals surface area (Å²) in [5.74, 6) is -1.67. The molecule has 0 saturated heterocycles. The minimum Gasteiger partial charge on any atom is -0.301 e. The highest BCUT2D eigenvalue weighted by molar-refractivity contribution is 6.52. The van der Waals surface area contributed by atoms with E-state index >= 15 is 0 Å². The molecule has 2 rings (SSSR count). The van der Waals surface area contributed by atoms with Gasteiger partial charge in [0, 0.05) is 12.1 Å². The highest BCUT2D eigenvalue weighted by Gasteiger charge is 2.36. The molecule has 0 bridgehead atoms. The van der Waals surface area contributed by atoms with E-state index in [9.17, 15) is 24.5 Å². The summed E-state index contributed by atoms with van der Waals surface area (Å²) in [7, 11) is 0. The van der Waals surface area contributed by atoms with Crippen LogP contribution in [0.1, 0.15) is 10.4 Å². The van der Waals surface area contributed by atoms with Crippen LogP contribution >= 0.6 is 0 Å². The van der Waals surface area contributed by atoms with E-state index in [2.05, 4.69) is 0 Å². The van der Waals surface area contributed by atoms with Crippen molar-refractivity contribution in [2.24, 2.45) is 0 Å². The van der Waals surface area contributed by atoms with E-state index < -0.39 is 16.6 Å². The maximum absolute atomic E-state index is 11.5. The number of Topliss-reactive ketones (excluding diaryl/α,β-unsaturated/α-hetero) is 1. The molecule has 0 spiro atoms. The molecule has 7 nitrogen and oxygen atoms in total. The van der Waals surface area contributed by atoms with Crippen LogP contribution in [0, 0.1) is 10.1 Å². The number of rotatable bonds is 3. The first-order valence-corrected chi connectivity index (χ1v) is 4.64. The average molecular weight is 234 g/mol. The van der Waals surface area contributed by atoms with E-state index in [-0.39, 0.29) is 23.5 Å². The normalized spacial score (nSPS) is 13.8. The summed E-state index contributed by atoms with van der Waals surface area (Å²) < 4.78 is 0. The maximum Gasteiger partial charge on any atom is 0.299 e. The minimum absolute atomic E-state index is 0.0361. The lowest BCUT2D eigenvalue weighted by Gasteiger charge is -2.11. The summed E-state index contributed by atoms with van der Waals surface area (Å²) in [6.45, 7) is -0.241. The van der Waals surface area contributed by atoms with Gasteiger partial charge in [-0.3, -0.25) is 24.6 Å². The van der Waals surface area contributed by atoms with E-state index in [0.29, 0.717) is 6.29 Å². The van der Waals surface area contributed by atoms with Gasteiger partial charge in [-0.05, 0) is 6.07 Å². The van der Waals surface area contributed by atoms with E-state index in [1.807, 2.05) is 0 Å². The van der Waals surface area contributed by atoms with Crippen LogP contribution in [0.3, 0.4) is 0 Å². The maximum atomic E-state index is 11.5. The number of nitro groups is 1. The van der Waals surface area contributed by atoms with Gasteiger partial charge in [0.2, 0.25) is 0 Å². The molecule has 1 aromatic carbocycles. The molecule has 0 fully saturated rings. The monoisotopic (exact) mass is 234 g/mol. The summed E-state index contributed by atoms with van der Waals surface area (Å²) in [4.78, 5) is 44.3. The van der Waals surface area contributed by atoms with Crippen molar-refractivity contribution in [3.8, 4) is 0 Å². The number of non-ortho nitro benzene ring substituents is 1. The molecule has 0 saturated carbocycles. The topological polar surface area (TPSA) is 97.6 Å². The standard InChI is InChI=1S/C10H6N2O5/c13-4-3-11-8-2-1-6(12(16)17)5-7(8)9(14)10(11)15/h1-2,4-5H,3H2. The van der Waals surface area contributed by atoms with E-state index in [1.165, 1.54) is 12.1 Å². The molecule has 0 N–H and O–H groups in total. The number of benzene rings is 1. The molecule has 17 heavy (non-hydrogen) atoms. The fourth-order valence-electron chi connectivity index (χ4n) is 1.66. The fraction of sp³-hybridized carbons (Fsp3) is 0.100. The molecule has 1 aromatic rings. The highest BCUT2D eigenvalue weighted by atomic mass is 16.6. The van der Waals surface area contributed by atoms with Crippen molar-refractivity contribution in [3.05, 3.63) is 33.9 Å². The molecule has 0 atom stereocenters. The molecule has 0 radical (unpaired) electrons. The Bertz CT molecular complexity index is 552. The zero-order valence-electron chi connectivity index (χ0n) is 8.45. The van der Waals surface area contributed by atoms with Gasteiger partial charge in [0.05, 0.1) is 22.7 Å². The third-order valence-corrected chi connectivity index (χ3v) is 2.42. The molecule has 86 valence electrons. The number of aldehydes is 1. The van der Waals surface area contributed by atoms with E-state index in [0.717, 1.165) is 11.0 Å². The summed E-state index contributed by atoms with van der Waals surface area (Å²) in [6, 6.07) is 3.52. The third kappa shape index (κ3) is 1.57. The summed E-state index contributed by atoms with van der Waals surface area (Å²) in [5.41, 5.74) is -0.0680. The summed E-state index contributed by atoms with van der Waals surface area (Å²) >= 11 is 0. The van der Waals surface area contributed by atoms with E-state index in [1.54, 1.807) is 0 Å². The van der Waals surface area contributed by atoms with Crippen molar-refractivity contribution in [1.29, 1.82) is 0 Å². The van der Waals surface area contributed by atoms with Gasteiger partial charge >= 0.3 is 0 Å². The smallest absolute Gasteiger partial charge is 0.299 e. The number of hydrogen-bond acceptors (Lipinski definition) is 5. The number of amides is 1. The number of fused-ring (bicyclic) bond motifs is 1. The van der Waals surface area contributed by atoms with Crippen molar-refractivity contribution in [2.75, 3.05) is 11.4 Å². The largest absolute Gasteiger partial charge is 0.301 e. The van der Waals surface area contributed by atoms with Crippen LogP contribution in [0.25, 0.3) is 0 Å². The Morgan fingerprint density at radius 1 is 1.35 bits per heavy atom. The number of nitro benzene ring substituents is 1. The molecular weight excluding hydrogens is 228 g/mol. The number of carbonyl (C=O) groups is 3. The molecular formula is C10H6N2O5. The van der Waals surface area contributed by atoms with Crippen molar-refractivity contribution >= 4 is 29.4 Å². The van der Waals surface area contributed by atoms with Crippen molar-refractivity contribution in [1.82, 2.24) is 0 Å². The van der Waals surface area contributed by atoms with Gasteiger partial charge in [-0.1, -0.05) is 0 Å².